The van der Waals surface area contributed by atoms with Gasteiger partial charge >= 0.3 is 0 Å². The van der Waals surface area contributed by atoms with Crippen LogP contribution in [0.15, 0.2) is 11.6 Å². The zero-order valence-electron chi connectivity index (χ0n) is 21.4. The number of aliphatic hydroxyl groups is 5. The second kappa shape index (κ2) is 9.40. The number of hydrogen-bond donors (Lipinski definition) is 5. The molecule has 3 rings (SSSR count). The Balaban J connectivity index is 1.89. The third kappa shape index (κ3) is 4.43. The van der Waals surface area contributed by atoms with Gasteiger partial charge in [-0.15, -0.1) is 0 Å². The molecule has 0 radical (unpaired) electrons. The molecule has 0 unspecified atom stereocenters. The van der Waals surface area contributed by atoms with Crippen molar-refractivity contribution in [2.75, 3.05) is 6.61 Å². The van der Waals surface area contributed by atoms with Gasteiger partial charge in [0, 0.05) is 18.6 Å². The maximum Gasteiger partial charge on any atom is 0.188 e. The normalized spacial score (nSPS) is 40.6. The Morgan fingerprint density at radius 2 is 1.79 bits per heavy atom. The summed E-state index contributed by atoms with van der Waals surface area (Å²) >= 11 is 0. The molecular weight excluding hydrogens is 436 g/mol. The minimum absolute atomic E-state index is 0.0364. The average molecular weight is 481 g/mol. The number of carbonyl (C=O) groups excluding carboxylic acids is 2. The summed E-state index contributed by atoms with van der Waals surface area (Å²) in [6, 6.07) is 0. The number of ketones is 2. The first-order chi connectivity index (χ1) is 15.6. The highest BCUT2D eigenvalue weighted by molar-refractivity contribution is 6.16. The van der Waals surface area contributed by atoms with Crippen molar-refractivity contribution in [3.63, 3.8) is 0 Å². The van der Waals surface area contributed by atoms with Crippen LogP contribution in [0.1, 0.15) is 86.0 Å². The lowest BCUT2D eigenvalue weighted by Gasteiger charge is -2.51. The van der Waals surface area contributed by atoms with E-state index in [9.17, 15) is 35.1 Å². The van der Waals surface area contributed by atoms with E-state index in [-0.39, 0.29) is 43.0 Å². The van der Waals surface area contributed by atoms with Gasteiger partial charge in [0.1, 0.15) is 5.60 Å². The summed E-state index contributed by atoms with van der Waals surface area (Å²) < 4.78 is 0. The van der Waals surface area contributed by atoms with E-state index < -0.39 is 40.0 Å². The molecule has 8 atom stereocenters. The van der Waals surface area contributed by atoms with Crippen LogP contribution in [-0.2, 0) is 9.59 Å². The minimum Gasteiger partial charge on any atom is -0.396 e. The molecule has 194 valence electrons. The van der Waals surface area contributed by atoms with E-state index in [1.807, 2.05) is 0 Å². The molecule has 2 fully saturated rings. The summed E-state index contributed by atoms with van der Waals surface area (Å²) in [5, 5.41) is 51.6. The van der Waals surface area contributed by atoms with E-state index in [0.29, 0.717) is 37.7 Å². The number of aliphatic hydroxyl groups excluding tert-OH is 3. The molecule has 0 aromatic rings. The van der Waals surface area contributed by atoms with E-state index in [1.165, 1.54) is 6.08 Å². The second-order valence-electron chi connectivity index (χ2n) is 12.3. The van der Waals surface area contributed by atoms with Gasteiger partial charge in [-0.2, -0.15) is 0 Å². The van der Waals surface area contributed by atoms with Gasteiger partial charge in [-0.05, 0) is 95.0 Å². The summed E-state index contributed by atoms with van der Waals surface area (Å²) in [7, 11) is 0. The summed E-state index contributed by atoms with van der Waals surface area (Å²) in [5.74, 6) is -0.563. The van der Waals surface area contributed by atoms with Crippen LogP contribution in [0, 0.1) is 28.6 Å². The maximum absolute atomic E-state index is 13.8. The summed E-state index contributed by atoms with van der Waals surface area (Å²) in [4.78, 5) is 27.0. The van der Waals surface area contributed by atoms with E-state index in [2.05, 4.69) is 13.8 Å². The molecule has 0 amide bonds. The number of carbonyl (C=O) groups is 2. The van der Waals surface area contributed by atoms with E-state index in [1.54, 1.807) is 20.8 Å². The fourth-order valence-electron chi connectivity index (χ4n) is 7.19. The van der Waals surface area contributed by atoms with Crippen LogP contribution in [-0.4, -0.2) is 67.1 Å². The Morgan fingerprint density at radius 1 is 1.15 bits per heavy atom. The Kier molecular flexibility index (Phi) is 7.59. The van der Waals surface area contributed by atoms with Crippen molar-refractivity contribution in [2.24, 2.45) is 28.6 Å². The number of allylic oxidation sites excluding steroid dienone is 1. The van der Waals surface area contributed by atoms with Gasteiger partial charge in [-0.3, -0.25) is 9.59 Å². The molecule has 0 bridgehead atoms. The molecule has 0 aromatic heterocycles. The van der Waals surface area contributed by atoms with Gasteiger partial charge in [-0.1, -0.05) is 13.8 Å². The lowest BCUT2D eigenvalue weighted by Crippen LogP contribution is -2.63. The van der Waals surface area contributed by atoms with Crippen LogP contribution in [0.5, 0.6) is 0 Å². The van der Waals surface area contributed by atoms with E-state index in [4.69, 9.17) is 0 Å². The van der Waals surface area contributed by atoms with Gasteiger partial charge < -0.3 is 25.5 Å². The molecule has 3 aliphatic carbocycles. The van der Waals surface area contributed by atoms with Crippen LogP contribution >= 0.6 is 0 Å². The predicted octanol–water partition coefficient (Wildman–Crippen LogP) is 2.31. The Bertz CT molecular complexity index is 829. The maximum atomic E-state index is 13.8. The number of hydrogen-bond acceptors (Lipinski definition) is 7. The zero-order valence-corrected chi connectivity index (χ0v) is 21.4. The van der Waals surface area contributed by atoms with Crippen molar-refractivity contribution in [3.8, 4) is 0 Å². The highest BCUT2D eigenvalue weighted by Gasteiger charge is 2.63. The first-order valence-electron chi connectivity index (χ1n) is 12.8. The molecule has 0 saturated heterocycles. The molecule has 0 heterocycles. The summed E-state index contributed by atoms with van der Waals surface area (Å²) in [6.45, 7) is 9.00. The highest BCUT2D eigenvalue weighted by atomic mass is 16.3. The molecule has 2 saturated carbocycles. The van der Waals surface area contributed by atoms with Crippen molar-refractivity contribution in [1.29, 1.82) is 0 Å². The van der Waals surface area contributed by atoms with Crippen LogP contribution in [0.2, 0.25) is 0 Å². The number of rotatable bonds is 8. The third-order valence-corrected chi connectivity index (χ3v) is 9.71. The smallest absolute Gasteiger partial charge is 0.188 e. The van der Waals surface area contributed by atoms with Crippen molar-refractivity contribution >= 4 is 11.6 Å². The van der Waals surface area contributed by atoms with Crippen molar-refractivity contribution in [3.05, 3.63) is 11.6 Å². The topological polar surface area (TPSA) is 135 Å². The Labute approximate surface area is 203 Å². The largest absolute Gasteiger partial charge is 0.396 e. The van der Waals surface area contributed by atoms with Gasteiger partial charge in [0.05, 0.1) is 23.2 Å². The van der Waals surface area contributed by atoms with Crippen molar-refractivity contribution < 1.29 is 35.1 Å². The molecular formula is C27H44O7. The Hall–Kier alpha value is -1.12. The van der Waals surface area contributed by atoms with Crippen molar-refractivity contribution in [2.45, 2.75) is 109 Å². The fraction of sp³-hybridized carbons (Fsp3) is 0.852. The zero-order chi connectivity index (χ0) is 25.7. The molecule has 7 nitrogen and oxygen atoms in total. The monoisotopic (exact) mass is 480 g/mol. The molecule has 5 N–H and O–H groups in total. The lowest BCUT2D eigenvalue weighted by molar-refractivity contribution is -0.174. The SMILES string of the molecule is C[C@H](CC[C@@H](O)C(C)(C)O)[C@H]1CC[C@@H](C2=CC(=O)[C@]3(O)C[C@@H](O)CC[C@]3(C)C2=O)[C@]1(C)CCO. The summed E-state index contributed by atoms with van der Waals surface area (Å²) in [6.07, 6.45) is 3.36. The average Bonchev–Trinajstić information content (AvgIpc) is 3.07. The highest BCUT2D eigenvalue weighted by Crippen LogP contribution is 2.59. The van der Waals surface area contributed by atoms with Gasteiger partial charge in [0.25, 0.3) is 0 Å². The quantitative estimate of drug-likeness (QED) is 0.360. The van der Waals surface area contributed by atoms with Crippen LogP contribution in [0.3, 0.4) is 0 Å². The van der Waals surface area contributed by atoms with Crippen molar-refractivity contribution in [1.82, 2.24) is 0 Å². The molecule has 0 aromatic carbocycles. The molecule has 7 heteroatoms. The summed E-state index contributed by atoms with van der Waals surface area (Å²) in [5.41, 5.74) is -4.28. The minimum atomic E-state index is -1.88. The number of Topliss-reactive ketones (excluding diaryl/α,β-unsaturated/α-hetero) is 1. The fourth-order valence-corrected chi connectivity index (χ4v) is 7.19. The van der Waals surface area contributed by atoms with Crippen LogP contribution < -0.4 is 0 Å². The van der Waals surface area contributed by atoms with Crippen LogP contribution in [0.4, 0.5) is 0 Å². The number of fused-ring (bicyclic) bond motifs is 1. The van der Waals surface area contributed by atoms with Crippen LogP contribution in [0.25, 0.3) is 0 Å². The standard InChI is InChI=1S/C27H44O7/c1-16(6-9-21(30)24(2,3)33)19-7-8-20(25(19,4)12-13-28)18-14-22(31)27(34)15-17(29)10-11-26(27,5)23(18)32/h14,16-17,19-21,28-30,33-34H,6-13,15H2,1-5H3/t16-,17+,19-,20+,21-,25-,26-,27-/m1/s1. The molecule has 0 spiro atoms. The van der Waals surface area contributed by atoms with Gasteiger partial charge in [0.2, 0.25) is 0 Å². The predicted molar refractivity (Wildman–Crippen MR) is 128 cm³/mol. The first kappa shape index (κ1) is 27.5. The van der Waals surface area contributed by atoms with Gasteiger partial charge in [0.15, 0.2) is 11.6 Å². The second-order valence-corrected chi connectivity index (χ2v) is 12.3. The third-order valence-electron chi connectivity index (χ3n) is 9.71. The van der Waals surface area contributed by atoms with E-state index in [0.717, 1.165) is 6.42 Å². The molecule has 3 aliphatic rings. The molecule has 34 heavy (non-hydrogen) atoms. The van der Waals surface area contributed by atoms with E-state index >= 15 is 0 Å². The molecule has 0 aliphatic heterocycles. The van der Waals surface area contributed by atoms with Gasteiger partial charge in [-0.25, -0.2) is 0 Å². The first-order valence-corrected chi connectivity index (χ1v) is 12.8. The Morgan fingerprint density at radius 3 is 2.38 bits per heavy atom. The lowest BCUT2D eigenvalue weighted by atomic mass is 9.53.